The molecule has 0 unspecified atom stereocenters. The highest BCUT2D eigenvalue weighted by molar-refractivity contribution is 5.49. The summed E-state index contributed by atoms with van der Waals surface area (Å²) in [5.74, 6) is 0. The first-order valence-electron chi connectivity index (χ1n) is 5.02. The molecule has 1 heterocycles. The Morgan fingerprint density at radius 2 is 2.00 bits per heavy atom. The van der Waals surface area contributed by atoms with Gasteiger partial charge < -0.3 is 9.32 Å². The van der Waals surface area contributed by atoms with E-state index in [1.54, 1.807) is 12.5 Å². The molecule has 2 aromatic rings. The second-order valence-corrected chi connectivity index (χ2v) is 3.65. The van der Waals surface area contributed by atoms with Crippen LogP contribution in [-0.4, -0.2) is 7.05 Å². The zero-order chi connectivity index (χ0) is 11.4. The molecule has 1 aromatic heterocycles. The summed E-state index contributed by atoms with van der Waals surface area (Å²) >= 11 is 0. The predicted molar refractivity (Wildman–Crippen MR) is 62.0 cm³/mol. The van der Waals surface area contributed by atoms with Gasteiger partial charge in [0.15, 0.2) is 0 Å². The van der Waals surface area contributed by atoms with Crippen LogP contribution in [0, 0.1) is 11.3 Å². The van der Waals surface area contributed by atoms with Gasteiger partial charge in [-0.2, -0.15) is 5.26 Å². The van der Waals surface area contributed by atoms with Crippen LogP contribution in [0.4, 0.5) is 5.69 Å². The lowest BCUT2D eigenvalue weighted by molar-refractivity contribution is 0.563. The standard InChI is InChI=1S/C13H12N2O/c1-15(9-12-6-7-16-10-12)13-4-2-11(8-14)3-5-13/h2-7,10H,9H2,1H3. The summed E-state index contributed by atoms with van der Waals surface area (Å²) in [6.45, 7) is 0.794. The van der Waals surface area contributed by atoms with Gasteiger partial charge in [0.25, 0.3) is 0 Å². The number of anilines is 1. The Balaban J connectivity index is 2.09. The number of nitriles is 1. The Morgan fingerprint density at radius 1 is 1.25 bits per heavy atom. The highest BCUT2D eigenvalue weighted by atomic mass is 16.3. The molecule has 0 saturated carbocycles. The minimum Gasteiger partial charge on any atom is -0.472 e. The van der Waals surface area contributed by atoms with Crippen molar-refractivity contribution in [1.82, 2.24) is 0 Å². The topological polar surface area (TPSA) is 40.2 Å². The van der Waals surface area contributed by atoms with E-state index >= 15 is 0 Å². The van der Waals surface area contributed by atoms with Crippen LogP contribution < -0.4 is 4.90 Å². The summed E-state index contributed by atoms with van der Waals surface area (Å²) in [5.41, 5.74) is 2.90. The van der Waals surface area contributed by atoms with Gasteiger partial charge >= 0.3 is 0 Å². The van der Waals surface area contributed by atoms with Crippen LogP contribution in [0.1, 0.15) is 11.1 Å². The quantitative estimate of drug-likeness (QED) is 0.785. The van der Waals surface area contributed by atoms with E-state index in [4.69, 9.17) is 9.68 Å². The fourth-order valence-corrected chi connectivity index (χ4v) is 1.54. The summed E-state index contributed by atoms with van der Waals surface area (Å²) in [5, 5.41) is 8.70. The van der Waals surface area contributed by atoms with Gasteiger partial charge in [-0.25, -0.2) is 0 Å². The van der Waals surface area contributed by atoms with E-state index in [1.807, 2.05) is 37.4 Å². The molecule has 0 bridgehead atoms. The van der Waals surface area contributed by atoms with Crippen LogP contribution in [0.3, 0.4) is 0 Å². The molecule has 0 atom stereocenters. The molecule has 0 spiro atoms. The maximum Gasteiger partial charge on any atom is 0.0991 e. The number of rotatable bonds is 3. The van der Waals surface area contributed by atoms with Gasteiger partial charge in [0.1, 0.15) is 0 Å². The van der Waals surface area contributed by atoms with E-state index in [1.165, 1.54) is 0 Å². The molecule has 0 saturated heterocycles. The highest BCUT2D eigenvalue weighted by Gasteiger charge is 2.02. The highest BCUT2D eigenvalue weighted by Crippen LogP contribution is 2.16. The average molecular weight is 212 g/mol. The summed E-state index contributed by atoms with van der Waals surface area (Å²) < 4.78 is 5.02. The fourth-order valence-electron chi connectivity index (χ4n) is 1.54. The van der Waals surface area contributed by atoms with E-state index in [0.717, 1.165) is 17.8 Å². The van der Waals surface area contributed by atoms with E-state index in [0.29, 0.717) is 5.56 Å². The van der Waals surface area contributed by atoms with Gasteiger partial charge in [-0.15, -0.1) is 0 Å². The second-order valence-electron chi connectivity index (χ2n) is 3.65. The Bertz CT molecular complexity index is 480. The largest absolute Gasteiger partial charge is 0.472 e. The SMILES string of the molecule is CN(Cc1ccoc1)c1ccc(C#N)cc1. The fraction of sp³-hybridized carbons (Fsp3) is 0.154. The molecule has 3 nitrogen and oxygen atoms in total. The molecule has 0 aliphatic carbocycles. The Kier molecular flexibility index (Phi) is 2.93. The minimum atomic E-state index is 0.681. The molecule has 2 rings (SSSR count). The molecule has 80 valence electrons. The van der Waals surface area contributed by atoms with E-state index < -0.39 is 0 Å². The first-order chi connectivity index (χ1) is 7.79. The van der Waals surface area contributed by atoms with Crippen LogP contribution in [0.5, 0.6) is 0 Å². The molecular formula is C13H12N2O. The van der Waals surface area contributed by atoms with Crippen LogP contribution in [-0.2, 0) is 6.54 Å². The van der Waals surface area contributed by atoms with E-state index in [-0.39, 0.29) is 0 Å². The second kappa shape index (κ2) is 4.54. The van der Waals surface area contributed by atoms with Crippen molar-refractivity contribution in [2.45, 2.75) is 6.54 Å². The molecule has 3 heteroatoms. The normalized spacial score (nSPS) is 9.75. The van der Waals surface area contributed by atoms with Gasteiger partial charge in [-0.3, -0.25) is 0 Å². The Hall–Kier alpha value is -2.21. The van der Waals surface area contributed by atoms with Crippen LogP contribution >= 0.6 is 0 Å². The van der Waals surface area contributed by atoms with E-state index in [2.05, 4.69) is 11.0 Å². The molecule has 1 aromatic carbocycles. The van der Waals surface area contributed by atoms with Gasteiger partial charge in [0, 0.05) is 24.8 Å². The Labute approximate surface area is 94.5 Å². The minimum absolute atomic E-state index is 0.681. The third-order valence-electron chi connectivity index (χ3n) is 2.44. The molecule has 0 fully saturated rings. The third kappa shape index (κ3) is 2.23. The molecule has 0 aliphatic rings. The molecule has 0 aliphatic heterocycles. The summed E-state index contributed by atoms with van der Waals surface area (Å²) in [4.78, 5) is 2.10. The summed E-state index contributed by atoms with van der Waals surface area (Å²) in [7, 11) is 2.01. The van der Waals surface area contributed by atoms with Crippen molar-refractivity contribution >= 4 is 5.69 Å². The number of hydrogen-bond acceptors (Lipinski definition) is 3. The average Bonchev–Trinajstić information content (AvgIpc) is 2.82. The van der Waals surface area contributed by atoms with Crippen molar-refractivity contribution < 1.29 is 4.42 Å². The van der Waals surface area contributed by atoms with Crippen molar-refractivity contribution in [2.24, 2.45) is 0 Å². The van der Waals surface area contributed by atoms with Gasteiger partial charge in [0.05, 0.1) is 24.2 Å². The molecule has 0 N–H and O–H groups in total. The molecular weight excluding hydrogens is 200 g/mol. The lowest BCUT2D eigenvalue weighted by Crippen LogP contribution is -2.15. The van der Waals surface area contributed by atoms with E-state index in [9.17, 15) is 0 Å². The number of hydrogen-bond donors (Lipinski definition) is 0. The molecule has 0 amide bonds. The number of furan rings is 1. The number of nitrogens with zero attached hydrogens (tertiary/aromatic N) is 2. The smallest absolute Gasteiger partial charge is 0.0991 e. The van der Waals surface area contributed by atoms with Crippen LogP contribution in [0.2, 0.25) is 0 Å². The molecule has 16 heavy (non-hydrogen) atoms. The van der Waals surface area contributed by atoms with Crippen molar-refractivity contribution in [3.05, 3.63) is 54.0 Å². The zero-order valence-corrected chi connectivity index (χ0v) is 9.05. The number of benzene rings is 1. The monoisotopic (exact) mass is 212 g/mol. The van der Waals surface area contributed by atoms with Gasteiger partial charge in [-0.05, 0) is 30.3 Å². The van der Waals surface area contributed by atoms with Crippen molar-refractivity contribution in [3.8, 4) is 6.07 Å². The Morgan fingerprint density at radius 3 is 2.56 bits per heavy atom. The first-order valence-corrected chi connectivity index (χ1v) is 5.02. The lowest BCUT2D eigenvalue weighted by atomic mass is 10.2. The van der Waals surface area contributed by atoms with Crippen molar-refractivity contribution in [3.63, 3.8) is 0 Å². The van der Waals surface area contributed by atoms with Gasteiger partial charge in [-0.1, -0.05) is 0 Å². The summed E-state index contributed by atoms with van der Waals surface area (Å²) in [6.07, 6.45) is 3.40. The maximum absolute atomic E-state index is 8.70. The van der Waals surface area contributed by atoms with Gasteiger partial charge in [0.2, 0.25) is 0 Å². The van der Waals surface area contributed by atoms with Crippen molar-refractivity contribution in [1.29, 1.82) is 5.26 Å². The van der Waals surface area contributed by atoms with Crippen LogP contribution in [0.25, 0.3) is 0 Å². The predicted octanol–water partition coefficient (Wildman–Crippen LogP) is 2.79. The summed E-state index contributed by atoms with van der Waals surface area (Å²) in [6, 6.07) is 11.6. The van der Waals surface area contributed by atoms with Crippen molar-refractivity contribution in [2.75, 3.05) is 11.9 Å². The zero-order valence-electron chi connectivity index (χ0n) is 9.05. The van der Waals surface area contributed by atoms with Crippen LogP contribution in [0.15, 0.2) is 47.3 Å². The third-order valence-corrected chi connectivity index (χ3v) is 2.44. The first kappa shape index (κ1) is 10.3. The lowest BCUT2D eigenvalue weighted by Gasteiger charge is -2.18. The maximum atomic E-state index is 8.70. The molecule has 0 radical (unpaired) electrons.